The van der Waals surface area contributed by atoms with E-state index in [9.17, 15) is 4.79 Å². The van der Waals surface area contributed by atoms with Crippen molar-refractivity contribution in [2.24, 2.45) is 11.8 Å². The fourth-order valence-corrected chi connectivity index (χ4v) is 1.77. The van der Waals surface area contributed by atoms with Gasteiger partial charge >= 0.3 is 0 Å². The maximum absolute atomic E-state index is 11.6. The van der Waals surface area contributed by atoms with Crippen molar-refractivity contribution in [3.63, 3.8) is 0 Å². The molecule has 1 aliphatic carbocycles. The molecule has 0 N–H and O–H groups in total. The molecule has 0 unspecified atom stereocenters. The maximum Gasteiger partial charge on any atom is 0.209 e. The third kappa shape index (κ3) is 2.47. The average Bonchev–Trinajstić information content (AvgIpc) is 3.06. The van der Waals surface area contributed by atoms with E-state index in [0.29, 0.717) is 5.92 Å². The third-order valence-electron chi connectivity index (χ3n) is 2.89. The van der Waals surface area contributed by atoms with Gasteiger partial charge in [0, 0.05) is 11.5 Å². The number of ketones is 1. The predicted octanol–water partition coefficient (Wildman–Crippen LogP) is 2.65. The summed E-state index contributed by atoms with van der Waals surface area (Å²) >= 11 is 0. The summed E-state index contributed by atoms with van der Waals surface area (Å²) in [5, 5.41) is 0. The molecule has 0 spiro atoms. The molecule has 0 bridgehead atoms. The van der Waals surface area contributed by atoms with Crippen LogP contribution in [0.15, 0.2) is 30.3 Å². The van der Waals surface area contributed by atoms with Crippen LogP contribution in [-0.2, 0) is 4.79 Å². The summed E-state index contributed by atoms with van der Waals surface area (Å²) in [5.41, 5.74) is 0.916. The molecule has 0 aliphatic heterocycles. The molecule has 1 aromatic rings. The number of hydrogen-bond donors (Lipinski definition) is 0. The molecule has 1 aliphatic rings. The summed E-state index contributed by atoms with van der Waals surface area (Å²) in [6, 6.07) is 9.65. The van der Waals surface area contributed by atoms with Crippen LogP contribution in [-0.4, -0.2) is 5.78 Å². The molecule has 0 saturated heterocycles. The highest BCUT2D eigenvalue weighted by Crippen LogP contribution is 2.41. The van der Waals surface area contributed by atoms with Gasteiger partial charge in [-0.2, -0.15) is 0 Å². The summed E-state index contributed by atoms with van der Waals surface area (Å²) in [6.07, 6.45) is 2.14. The second-order valence-corrected chi connectivity index (χ2v) is 3.99. The highest BCUT2D eigenvalue weighted by atomic mass is 16.1. The number of carbonyl (C=O) groups is 1. The van der Waals surface area contributed by atoms with E-state index in [1.807, 2.05) is 30.3 Å². The van der Waals surface area contributed by atoms with Gasteiger partial charge in [0.2, 0.25) is 5.78 Å². The Labute approximate surface area is 90.5 Å². The summed E-state index contributed by atoms with van der Waals surface area (Å²) < 4.78 is 0. The fourth-order valence-electron chi connectivity index (χ4n) is 1.77. The van der Waals surface area contributed by atoms with Crippen molar-refractivity contribution in [3.05, 3.63) is 35.9 Å². The number of carbonyl (C=O) groups excluding carboxylic acids is 1. The first-order valence-corrected chi connectivity index (χ1v) is 5.42. The lowest BCUT2D eigenvalue weighted by Crippen LogP contribution is -1.98. The Morgan fingerprint density at radius 1 is 1.40 bits per heavy atom. The van der Waals surface area contributed by atoms with Crippen molar-refractivity contribution in [1.82, 2.24) is 0 Å². The second kappa shape index (κ2) is 4.31. The highest BCUT2D eigenvalue weighted by molar-refractivity contribution is 5.99. The summed E-state index contributed by atoms with van der Waals surface area (Å²) in [7, 11) is 0. The van der Waals surface area contributed by atoms with Crippen molar-refractivity contribution in [2.75, 3.05) is 0 Å². The number of benzene rings is 1. The Morgan fingerprint density at radius 3 is 2.73 bits per heavy atom. The summed E-state index contributed by atoms with van der Waals surface area (Å²) in [5.74, 6) is 6.59. The second-order valence-electron chi connectivity index (χ2n) is 3.99. The van der Waals surface area contributed by atoms with Gasteiger partial charge in [-0.1, -0.05) is 37.5 Å². The van der Waals surface area contributed by atoms with E-state index in [1.165, 1.54) is 0 Å². The van der Waals surface area contributed by atoms with Crippen LogP contribution in [0.3, 0.4) is 0 Å². The molecular weight excluding hydrogens is 184 g/mol. The molecule has 2 rings (SSSR count). The van der Waals surface area contributed by atoms with Gasteiger partial charge in [-0.05, 0) is 30.4 Å². The van der Waals surface area contributed by atoms with Gasteiger partial charge in [-0.15, -0.1) is 0 Å². The minimum atomic E-state index is 0.116. The Balaban J connectivity index is 1.98. The van der Waals surface area contributed by atoms with Crippen LogP contribution < -0.4 is 0 Å². The van der Waals surface area contributed by atoms with E-state index in [0.717, 1.165) is 18.4 Å². The molecule has 0 radical (unpaired) electrons. The van der Waals surface area contributed by atoms with Crippen LogP contribution in [0.1, 0.15) is 25.3 Å². The van der Waals surface area contributed by atoms with E-state index in [4.69, 9.17) is 0 Å². The predicted molar refractivity (Wildman–Crippen MR) is 60.2 cm³/mol. The van der Waals surface area contributed by atoms with Crippen LogP contribution in [0.2, 0.25) is 0 Å². The van der Waals surface area contributed by atoms with Crippen molar-refractivity contribution in [2.45, 2.75) is 19.8 Å². The molecule has 1 saturated carbocycles. The molecule has 1 heteroatoms. The van der Waals surface area contributed by atoms with Crippen molar-refractivity contribution >= 4 is 5.78 Å². The Kier molecular flexibility index (Phi) is 2.87. The van der Waals surface area contributed by atoms with Crippen LogP contribution in [0.25, 0.3) is 0 Å². The zero-order valence-electron chi connectivity index (χ0n) is 8.86. The van der Waals surface area contributed by atoms with Crippen LogP contribution in [0.4, 0.5) is 0 Å². The minimum Gasteiger partial charge on any atom is -0.285 e. The van der Waals surface area contributed by atoms with E-state index < -0.39 is 0 Å². The van der Waals surface area contributed by atoms with Gasteiger partial charge in [0.15, 0.2) is 0 Å². The minimum absolute atomic E-state index is 0.116. The largest absolute Gasteiger partial charge is 0.285 e. The molecule has 15 heavy (non-hydrogen) atoms. The number of Topliss-reactive ketones (excluding diaryl/α,β-unsaturated/α-hetero) is 1. The topological polar surface area (TPSA) is 17.1 Å². The van der Waals surface area contributed by atoms with Gasteiger partial charge in [0.1, 0.15) is 0 Å². The van der Waals surface area contributed by atoms with Gasteiger partial charge in [0.25, 0.3) is 0 Å². The number of rotatable bonds is 2. The van der Waals surface area contributed by atoms with Crippen LogP contribution >= 0.6 is 0 Å². The summed E-state index contributed by atoms with van der Waals surface area (Å²) in [6.45, 7) is 2.13. The highest BCUT2D eigenvalue weighted by Gasteiger charge is 2.40. The van der Waals surface area contributed by atoms with Crippen molar-refractivity contribution in [1.29, 1.82) is 0 Å². The van der Waals surface area contributed by atoms with E-state index in [1.54, 1.807) is 0 Å². The zero-order valence-corrected chi connectivity index (χ0v) is 8.86. The standard InChI is InChI=1S/C14H14O/c1-2-12-10-13(12)14(15)9-8-11-6-4-3-5-7-11/h3-7,12-13H,2,10H2,1H3/t12-,13-/m1/s1. The van der Waals surface area contributed by atoms with Gasteiger partial charge in [0.05, 0.1) is 0 Å². The lowest BCUT2D eigenvalue weighted by Gasteiger charge is -1.88. The molecular formula is C14H14O. The SMILES string of the molecule is CC[C@@H]1C[C@H]1C(=O)C#Cc1ccccc1. The van der Waals surface area contributed by atoms with Crippen molar-refractivity contribution in [3.8, 4) is 11.8 Å². The lowest BCUT2D eigenvalue weighted by molar-refractivity contribution is -0.115. The molecule has 1 aromatic carbocycles. The Hall–Kier alpha value is -1.55. The zero-order chi connectivity index (χ0) is 10.7. The summed E-state index contributed by atoms with van der Waals surface area (Å²) in [4.78, 5) is 11.6. The molecule has 0 heterocycles. The van der Waals surface area contributed by atoms with Crippen molar-refractivity contribution < 1.29 is 4.79 Å². The Bertz CT molecular complexity index is 408. The van der Waals surface area contributed by atoms with Gasteiger partial charge in [-0.25, -0.2) is 0 Å². The lowest BCUT2D eigenvalue weighted by atomic mass is 10.1. The van der Waals surface area contributed by atoms with Crippen LogP contribution in [0.5, 0.6) is 0 Å². The first-order chi connectivity index (χ1) is 7.31. The smallest absolute Gasteiger partial charge is 0.209 e. The molecule has 0 amide bonds. The molecule has 0 aromatic heterocycles. The molecule has 76 valence electrons. The van der Waals surface area contributed by atoms with E-state index in [-0.39, 0.29) is 11.7 Å². The van der Waals surface area contributed by atoms with Crippen LogP contribution in [0, 0.1) is 23.7 Å². The Morgan fingerprint density at radius 2 is 2.13 bits per heavy atom. The third-order valence-corrected chi connectivity index (χ3v) is 2.89. The molecule has 1 nitrogen and oxygen atoms in total. The molecule has 2 atom stereocenters. The maximum atomic E-state index is 11.6. The first-order valence-electron chi connectivity index (χ1n) is 5.42. The number of hydrogen-bond acceptors (Lipinski definition) is 1. The van der Waals surface area contributed by atoms with E-state index >= 15 is 0 Å². The normalized spacial score (nSPS) is 22.7. The first kappa shape index (κ1) is 9.98. The van der Waals surface area contributed by atoms with Gasteiger partial charge in [-0.3, -0.25) is 4.79 Å². The quantitative estimate of drug-likeness (QED) is 0.668. The average molecular weight is 198 g/mol. The fraction of sp³-hybridized carbons (Fsp3) is 0.357. The monoisotopic (exact) mass is 198 g/mol. The molecule has 1 fully saturated rings. The van der Waals surface area contributed by atoms with E-state index in [2.05, 4.69) is 18.8 Å². The van der Waals surface area contributed by atoms with Gasteiger partial charge < -0.3 is 0 Å².